The molecule has 4 rings (SSSR count). The van der Waals surface area contributed by atoms with Crippen molar-refractivity contribution in [1.29, 1.82) is 0 Å². The van der Waals surface area contributed by atoms with E-state index in [0.717, 1.165) is 6.07 Å². The van der Waals surface area contributed by atoms with Crippen LogP contribution >= 0.6 is 0 Å². The third-order valence-corrected chi connectivity index (χ3v) is 8.90. The Morgan fingerprint density at radius 3 is 2.19 bits per heavy atom. The molecule has 0 saturated carbocycles. The van der Waals surface area contributed by atoms with E-state index in [4.69, 9.17) is 5.73 Å². The molecule has 0 atom stereocenters. The van der Waals surface area contributed by atoms with Crippen LogP contribution in [0.5, 0.6) is 5.75 Å². The van der Waals surface area contributed by atoms with Gasteiger partial charge in [-0.25, -0.2) is 8.42 Å². The molecule has 2 aromatic carbocycles. The number of sulfonamides is 1. The van der Waals surface area contributed by atoms with Gasteiger partial charge in [0.05, 0.1) is 22.7 Å². The van der Waals surface area contributed by atoms with Gasteiger partial charge in [0.1, 0.15) is 5.75 Å². The molecule has 1 aliphatic heterocycles. The molecule has 0 aliphatic carbocycles. The number of alkyl halides is 3. The number of nitrogens with zero attached hydrogens (tertiary/aromatic N) is 3. The molecule has 42 heavy (non-hydrogen) atoms. The minimum atomic E-state index is -4.87. The maximum Gasteiger partial charge on any atom is 0.573 e. The van der Waals surface area contributed by atoms with Crippen LogP contribution in [-0.4, -0.2) is 78.7 Å². The lowest BCUT2D eigenvalue weighted by molar-refractivity contribution is -0.274. The number of Topliss-reactive ketones (excluding diaryl/α,β-unsaturated/α-hetero) is 2. The second-order valence-corrected chi connectivity index (χ2v) is 11.8. The summed E-state index contributed by atoms with van der Waals surface area (Å²) in [5, 5.41) is 0. The lowest BCUT2D eigenvalue weighted by Crippen LogP contribution is -2.49. The molecule has 0 unspecified atom stereocenters. The van der Waals surface area contributed by atoms with Crippen LogP contribution in [0.4, 0.5) is 13.2 Å². The maximum absolute atomic E-state index is 13.4. The predicted octanol–water partition coefficient (Wildman–Crippen LogP) is 3.23. The molecule has 2 heterocycles. The molecule has 2 N–H and O–H groups in total. The van der Waals surface area contributed by atoms with Crippen molar-refractivity contribution in [2.45, 2.75) is 31.7 Å². The molecule has 1 amide bonds. The summed E-state index contributed by atoms with van der Waals surface area (Å²) in [5.41, 5.74) is 6.92. The van der Waals surface area contributed by atoms with Gasteiger partial charge in [-0.3, -0.25) is 19.3 Å². The third kappa shape index (κ3) is 7.06. The number of benzene rings is 2. The average molecular weight is 607 g/mol. The van der Waals surface area contributed by atoms with Crippen LogP contribution in [0, 0.1) is 6.92 Å². The van der Waals surface area contributed by atoms with Gasteiger partial charge in [-0.2, -0.15) is 4.31 Å². The van der Waals surface area contributed by atoms with Crippen LogP contribution in [0.25, 0.3) is 0 Å². The number of carbonyl (C=O) groups is 3. The monoisotopic (exact) mass is 606 g/mol. The van der Waals surface area contributed by atoms with Gasteiger partial charge in [0.25, 0.3) is 5.91 Å². The van der Waals surface area contributed by atoms with Crippen molar-refractivity contribution in [2.24, 2.45) is 5.73 Å². The highest BCUT2D eigenvalue weighted by Crippen LogP contribution is 2.25. The summed E-state index contributed by atoms with van der Waals surface area (Å²) in [4.78, 5) is 38.8. The maximum atomic E-state index is 13.4. The van der Waals surface area contributed by atoms with Gasteiger partial charge in [0, 0.05) is 44.0 Å². The summed E-state index contributed by atoms with van der Waals surface area (Å²) in [5.74, 6) is -1.73. The number of halogens is 3. The van der Waals surface area contributed by atoms with E-state index in [1.54, 1.807) is 17.9 Å². The molecule has 0 bridgehead atoms. The van der Waals surface area contributed by atoms with Gasteiger partial charge in [-0.15, -0.1) is 13.2 Å². The first kappa shape index (κ1) is 30.9. The predicted molar refractivity (Wildman–Crippen MR) is 146 cm³/mol. The molecule has 0 spiro atoms. The number of hydrogen-bond acceptors (Lipinski definition) is 7. The van der Waals surface area contributed by atoms with E-state index in [1.165, 1.54) is 58.3 Å². The zero-order valence-corrected chi connectivity index (χ0v) is 23.7. The number of amides is 1. The van der Waals surface area contributed by atoms with Crippen LogP contribution in [0.1, 0.15) is 49.4 Å². The Kier molecular flexibility index (Phi) is 8.89. The summed E-state index contributed by atoms with van der Waals surface area (Å²) in [6.45, 7) is 3.64. The minimum absolute atomic E-state index is 0.0241. The molecule has 3 aromatic rings. The normalized spacial score (nSPS) is 15.0. The topological polar surface area (TPSA) is 132 Å². The van der Waals surface area contributed by atoms with Crippen molar-refractivity contribution in [2.75, 3.05) is 32.7 Å². The van der Waals surface area contributed by atoms with E-state index in [0.29, 0.717) is 16.8 Å². The standard InChI is InChI=1S/C28H29F3N4O6S/c1-18-24(27(32)38)15-25(35(18)16-20-4-3-5-22(14-20)41-28(29,30)31)26(37)17-33-10-12-34(13-11-33)42(39,40)23-8-6-21(7-9-23)19(2)36/h3-9,14-15H,10-13,16-17H2,1-2H3,(H2,32,38). The fraction of sp³-hybridized carbons (Fsp3) is 0.321. The van der Waals surface area contributed by atoms with E-state index in [9.17, 15) is 36.0 Å². The zero-order chi connectivity index (χ0) is 30.8. The SMILES string of the molecule is CC(=O)c1ccc(S(=O)(=O)N2CCN(CC(=O)c3cc(C(N)=O)c(C)n3Cc3cccc(OC(F)(F)F)c3)CC2)cc1. The molecule has 1 aliphatic rings. The number of primary amides is 1. The fourth-order valence-electron chi connectivity index (χ4n) is 4.78. The molecule has 10 nitrogen and oxygen atoms in total. The van der Waals surface area contributed by atoms with Crippen molar-refractivity contribution < 1.29 is 40.7 Å². The van der Waals surface area contributed by atoms with Crippen molar-refractivity contribution >= 4 is 27.5 Å². The summed E-state index contributed by atoms with van der Waals surface area (Å²) in [6, 6.07) is 12.4. The van der Waals surface area contributed by atoms with E-state index in [1.807, 2.05) is 0 Å². The molecule has 14 heteroatoms. The second-order valence-electron chi connectivity index (χ2n) is 9.86. The van der Waals surface area contributed by atoms with E-state index >= 15 is 0 Å². The van der Waals surface area contributed by atoms with Gasteiger partial charge in [-0.05, 0) is 49.7 Å². The summed E-state index contributed by atoms with van der Waals surface area (Å²) in [7, 11) is -3.80. The van der Waals surface area contributed by atoms with Crippen LogP contribution < -0.4 is 10.5 Å². The van der Waals surface area contributed by atoms with Gasteiger partial charge in [-0.1, -0.05) is 24.3 Å². The first-order valence-corrected chi connectivity index (χ1v) is 14.3. The van der Waals surface area contributed by atoms with Crippen LogP contribution in [0.2, 0.25) is 0 Å². The van der Waals surface area contributed by atoms with Crippen molar-refractivity contribution in [3.63, 3.8) is 0 Å². The quantitative estimate of drug-likeness (QED) is 0.351. The van der Waals surface area contributed by atoms with E-state index in [2.05, 4.69) is 4.74 Å². The number of rotatable bonds is 10. The Labute approximate surface area is 240 Å². The van der Waals surface area contributed by atoms with Gasteiger partial charge in [0.15, 0.2) is 11.6 Å². The molecule has 1 fully saturated rings. The van der Waals surface area contributed by atoms with Crippen molar-refractivity contribution in [3.05, 3.63) is 82.7 Å². The summed E-state index contributed by atoms with van der Waals surface area (Å²) < 4.78 is 71.0. The summed E-state index contributed by atoms with van der Waals surface area (Å²) in [6.07, 6.45) is -4.87. The number of ketones is 2. The van der Waals surface area contributed by atoms with Crippen molar-refractivity contribution in [1.82, 2.24) is 13.8 Å². The largest absolute Gasteiger partial charge is 0.573 e. The zero-order valence-electron chi connectivity index (χ0n) is 22.8. The number of piperazine rings is 1. The highest BCUT2D eigenvalue weighted by Gasteiger charge is 2.32. The van der Waals surface area contributed by atoms with E-state index in [-0.39, 0.29) is 67.0 Å². The third-order valence-electron chi connectivity index (χ3n) is 6.99. The van der Waals surface area contributed by atoms with Crippen LogP contribution in [-0.2, 0) is 16.6 Å². The lowest BCUT2D eigenvalue weighted by atomic mass is 10.2. The molecule has 0 radical (unpaired) electrons. The lowest BCUT2D eigenvalue weighted by Gasteiger charge is -2.33. The number of ether oxygens (including phenoxy) is 1. The first-order chi connectivity index (χ1) is 19.7. The highest BCUT2D eigenvalue weighted by atomic mass is 32.2. The van der Waals surface area contributed by atoms with E-state index < -0.39 is 28.0 Å². The molecule has 1 saturated heterocycles. The Bertz CT molecular complexity index is 1610. The molecular formula is C28H29F3N4O6S. The Balaban J connectivity index is 1.47. The minimum Gasteiger partial charge on any atom is -0.406 e. The molecule has 1 aromatic heterocycles. The number of carbonyl (C=O) groups excluding carboxylic acids is 3. The Morgan fingerprint density at radius 2 is 1.62 bits per heavy atom. The number of aromatic nitrogens is 1. The van der Waals surface area contributed by atoms with Gasteiger partial charge in [0.2, 0.25) is 10.0 Å². The Hall–Kier alpha value is -4.01. The van der Waals surface area contributed by atoms with Gasteiger partial charge < -0.3 is 15.0 Å². The first-order valence-electron chi connectivity index (χ1n) is 12.9. The average Bonchev–Trinajstić information content (AvgIpc) is 3.24. The number of nitrogens with two attached hydrogens (primary N) is 1. The smallest absolute Gasteiger partial charge is 0.406 e. The van der Waals surface area contributed by atoms with Crippen LogP contribution in [0.15, 0.2) is 59.5 Å². The summed E-state index contributed by atoms with van der Waals surface area (Å²) >= 11 is 0. The van der Waals surface area contributed by atoms with Crippen molar-refractivity contribution in [3.8, 4) is 5.75 Å². The second kappa shape index (κ2) is 12.1. The van der Waals surface area contributed by atoms with Gasteiger partial charge >= 0.3 is 6.36 Å². The fourth-order valence-corrected chi connectivity index (χ4v) is 6.20. The number of hydrogen-bond donors (Lipinski definition) is 1. The van der Waals surface area contributed by atoms with Crippen LogP contribution in [0.3, 0.4) is 0 Å². The molecular weight excluding hydrogens is 577 g/mol. The molecule has 224 valence electrons. The Morgan fingerprint density at radius 1 is 0.976 bits per heavy atom. The highest BCUT2D eigenvalue weighted by molar-refractivity contribution is 7.89.